The average Bonchev–Trinajstić information content (AvgIpc) is 3.10. The van der Waals surface area contributed by atoms with Crippen molar-refractivity contribution in [3.8, 4) is 5.75 Å². The highest BCUT2D eigenvalue weighted by Gasteiger charge is 2.26. The predicted molar refractivity (Wildman–Crippen MR) is 98.4 cm³/mol. The normalized spacial score (nSPS) is 15.5. The molecule has 2 heterocycles. The van der Waals surface area contributed by atoms with E-state index in [9.17, 15) is 4.79 Å². The summed E-state index contributed by atoms with van der Waals surface area (Å²) >= 11 is 0. The summed E-state index contributed by atoms with van der Waals surface area (Å²) in [6.45, 7) is 7.59. The van der Waals surface area contributed by atoms with Gasteiger partial charge in [0.1, 0.15) is 5.75 Å². The van der Waals surface area contributed by atoms with Crippen LogP contribution in [0.3, 0.4) is 0 Å². The molecule has 140 valence electrons. The first-order chi connectivity index (χ1) is 12.5. The SMILES string of the molecule is COc1ccc(C(=O)N2CCC(Cc3nc(C(C)C)no3)CC2)c(C)c1. The predicted octanol–water partition coefficient (Wildman–Crippen LogP) is 3.60. The first kappa shape index (κ1) is 18.4. The molecular formula is C20H27N3O3. The van der Waals surface area contributed by atoms with Gasteiger partial charge in [-0.3, -0.25) is 4.79 Å². The van der Waals surface area contributed by atoms with Crippen molar-refractivity contribution >= 4 is 5.91 Å². The number of piperidine rings is 1. The molecule has 0 spiro atoms. The molecule has 0 saturated carbocycles. The minimum atomic E-state index is 0.100. The Hall–Kier alpha value is -2.37. The number of rotatable bonds is 5. The van der Waals surface area contributed by atoms with Crippen molar-refractivity contribution in [3.05, 3.63) is 41.0 Å². The van der Waals surface area contributed by atoms with Gasteiger partial charge in [-0.25, -0.2) is 0 Å². The number of methoxy groups -OCH3 is 1. The van der Waals surface area contributed by atoms with E-state index in [2.05, 4.69) is 24.0 Å². The average molecular weight is 357 g/mol. The van der Waals surface area contributed by atoms with E-state index in [0.717, 1.165) is 55.1 Å². The highest BCUT2D eigenvalue weighted by Crippen LogP contribution is 2.25. The van der Waals surface area contributed by atoms with Gasteiger partial charge in [0.2, 0.25) is 5.89 Å². The van der Waals surface area contributed by atoms with E-state index in [0.29, 0.717) is 11.8 Å². The quantitative estimate of drug-likeness (QED) is 0.818. The highest BCUT2D eigenvalue weighted by atomic mass is 16.5. The van der Waals surface area contributed by atoms with Gasteiger partial charge in [-0.15, -0.1) is 0 Å². The number of aromatic nitrogens is 2. The van der Waals surface area contributed by atoms with Crippen LogP contribution in [-0.2, 0) is 6.42 Å². The summed E-state index contributed by atoms with van der Waals surface area (Å²) in [7, 11) is 1.63. The summed E-state index contributed by atoms with van der Waals surface area (Å²) in [5.74, 6) is 3.12. The molecule has 6 heteroatoms. The molecule has 0 radical (unpaired) electrons. The molecule has 1 amide bonds. The molecule has 1 aliphatic heterocycles. The van der Waals surface area contributed by atoms with Gasteiger partial charge in [0.15, 0.2) is 5.82 Å². The van der Waals surface area contributed by atoms with Crippen LogP contribution in [0.1, 0.15) is 60.2 Å². The zero-order valence-corrected chi connectivity index (χ0v) is 16.0. The van der Waals surface area contributed by atoms with Crippen molar-refractivity contribution < 1.29 is 14.1 Å². The summed E-state index contributed by atoms with van der Waals surface area (Å²) in [5, 5.41) is 4.03. The molecular weight excluding hydrogens is 330 g/mol. The Bertz CT molecular complexity index is 761. The molecule has 0 bridgehead atoms. The first-order valence-electron chi connectivity index (χ1n) is 9.24. The highest BCUT2D eigenvalue weighted by molar-refractivity contribution is 5.95. The van der Waals surface area contributed by atoms with Gasteiger partial charge in [0.25, 0.3) is 5.91 Å². The molecule has 1 aromatic carbocycles. The molecule has 1 aliphatic rings. The van der Waals surface area contributed by atoms with Crippen LogP contribution in [-0.4, -0.2) is 41.1 Å². The molecule has 26 heavy (non-hydrogen) atoms. The lowest BCUT2D eigenvalue weighted by atomic mass is 9.93. The van der Waals surface area contributed by atoms with E-state index in [-0.39, 0.29) is 11.8 Å². The van der Waals surface area contributed by atoms with Gasteiger partial charge in [0.05, 0.1) is 7.11 Å². The summed E-state index contributed by atoms with van der Waals surface area (Å²) in [6, 6.07) is 5.60. The molecule has 0 unspecified atom stereocenters. The van der Waals surface area contributed by atoms with Crippen LogP contribution >= 0.6 is 0 Å². The molecule has 3 rings (SSSR count). The van der Waals surface area contributed by atoms with Gasteiger partial charge >= 0.3 is 0 Å². The zero-order valence-electron chi connectivity index (χ0n) is 16.0. The Labute approximate surface area is 154 Å². The van der Waals surface area contributed by atoms with Crippen LogP contribution < -0.4 is 4.74 Å². The maximum atomic E-state index is 12.8. The van der Waals surface area contributed by atoms with Gasteiger partial charge in [-0.2, -0.15) is 4.98 Å². The third-order valence-corrected chi connectivity index (χ3v) is 5.03. The number of aryl methyl sites for hydroxylation is 1. The fourth-order valence-corrected chi connectivity index (χ4v) is 3.35. The second-order valence-corrected chi connectivity index (χ2v) is 7.32. The molecule has 2 aromatic rings. The molecule has 0 N–H and O–H groups in total. The number of ether oxygens (including phenoxy) is 1. The van der Waals surface area contributed by atoms with Crippen molar-refractivity contribution in [2.45, 2.75) is 46.0 Å². The van der Waals surface area contributed by atoms with Crippen molar-refractivity contribution in [1.29, 1.82) is 0 Å². The third kappa shape index (κ3) is 4.06. The Balaban J connectivity index is 1.56. The number of likely N-dealkylation sites (tertiary alicyclic amines) is 1. The number of carbonyl (C=O) groups is 1. The summed E-state index contributed by atoms with van der Waals surface area (Å²) in [4.78, 5) is 19.2. The first-order valence-corrected chi connectivity index (χ1v) is 9.24. The van der Waals surface area contributed by atoms with Crippen LogP contribution in [0.2, 0.25) is 0 Å². The fourth-order valence-electron chi connectivity index (χ4n) is 3.35. The third-order valence-electron chi connectivity index (χ3n) is 5.03. The van der Waals surface area contributed by atoms with Gasteiger partial charge in [-0.1, -0.05) is 19.0 Å². The number of carbonyl (C=O) groups excluding carboxylic acids is 1. The lowest BCUT2D eigenvalue weighted by Gasteiger charge is -2.32. The van der Waals surface area contributed by atoms with Crippen molar-refractivity contribution in [2.75, 3.05) is 20.2 Å². The van der Waals surface area contributed by atoms with E-state index < -0.39 is 0 Å². The Morgan fingerprint density at radius 3 is 2.65 bits per heavy atom. The maximum absolute atomic E-state index is 12.8. The van der Waals surface area contributed by atoms with Gasteiger partial charge in [0, 0.05) is 31.0 Å². The topological polar surface area (TPSA) is 68.5 Å². The van der Waals surface area contributed by atoms with Crippen LogP contribution in [0.5, 0.6) is 5.75 Å². The summed E-state index contributed by atoms with van der Waals surface area (Å²) in [6.07, 6.45) is 2.71. The lowest BCUT2D eigenvalue weighted by molar-refractivity contribution is 0.0686. The van der Waals surface area contributed by atoms with Gasteiger partial charge in [-0.05, 0) is 49.4 Å². The minimum absolute atomic E-state index is 0.100. The van der Waals surface area contributed by atoms with E-state index in [1.54, 1.807) is 7.11 Å². The lowest BCUT2D eigenvalue weighted by Crippen LogP contribution is -2.39. The maximum Gasteiger partial charge on any atom is 0.254 e. The number of amides is 1. The Kier molecular flexibility index (Phi) is 5.59. The fraction of sp³-hybridized carbons (Fsp3) is 0.550. The Morgan fingerprint density at radius 1 is 1.35 bits per heavy atom. The Morgan fingerprint density at radius 2 is 2.08 bits per heavy atom. The number of hydrogen-bond donors (Lipinski definition) is 0. The monoisotopic (exact) mass is 357 g/mol. The number of nitrogens with zero attached hydrogens (tertiary/aromatic N) is 3. The van der Waals surface area contributed by atoms with Crippen LogP contribution in [0.15, 0.2) is 22.7 Å². The van der Waals surface area contributed by atoms with E-state index in [1.807, 2.05) is 30.0 Å². The molecule has 1 aromatic heterocycles. The number of hydrogen-bond acceptors (Lipinski definition) is 5. The smallest absolute Gasteiger partial charge is 0.254 e. The van der Waals surface area contributed by atoms with E-state index >= 15 is 0 Å². The zero-order chi connectivity index (χ0) is 18.7. The minimum Gasteiger partial charge on any atom is -0.497 e. The second-order valence-electron chi connectivity index (χ2n) is 7.32. The van der Waals surface area contributed by atoms with E-state index in [4.69, 9.17) is 9.26 Å². The molecule has 0 aliphatic carbocycles. The largest absolute Gasteiger partial charge is 0.497 e. The van der Waals surface area contributed by atoms with Crippen molar-refractivity contribution in [3.63, 3.8) is 0 Å². The van der Waals surface area contributed by atoms with E-state index in [1.165, 1.54) is 0 Å². The molecule has 1 saturated heterocycles. The standard InChI is InChI=1S/C20H27N3O3/c1-13(2)19-21-18(26-22-19)12-15-7-9-23(10-8-15)20(24)17-6-5-16(25-4)11-14(17)3/h5-6,11,13,15H,7-10,12H2,1-4H3. The van der Waals surface area contributed by atoms with Crippen LogP contribution in [0.4, 0.5) is 0 Å². The van der Waals surface area contributed by atoms with Gasteiger partial charge < -0.3 is 14.2 Å². The van der Waals surface area contributed by atoms with Crippen molar-refractivity contribution in [1.82, 2.24) is 15.0 Å². The van der Waals surface area contributed by atoms with Crippen LogP contribution in [0, 0.1) is 12.8 Å². The molecule has 1 fully saturated rings. The summed E-state index contributed by atoms with van der Waals surface area (Å²) < 4.78 is 10.6. The number of benzene rings is 1. The molecule has 0 atom stereocenters. The van der Waals surface area contributed by atoms with Crippen molar-refractivity contribution in [2.24, 2.45) is 5.92 Å². The van der Waals surface area contributed by atoms with Crippen LogP contribution in [0.25, 0.3) is 0 Å². The molecule has 6 nitrogen and oxygen atoms in total. The summed E-state index contributed by atoms with van der Waals surface area (Å²) in [5.41, 5.74) is 1.70. The second kappa shape index (κ2) is 7.89.